The Morgan fingerprint density at radius 3 is 0.864 bits per heavy atom. The van der Waals surface area contributed by atoms with Gasteiger partial charge in [-0.15, -0.1) is 0 Å². The lowest BCUT2D eigenvalue weighted by Gasteiger charge is -2.01. The zero-order valence-corrected chi connectivity index (χ0v) is 46.6. The van der Waals surface area contributed by atoms with Gasteiger partial charge in [0.05, 0.1) is 5.69 Å². The van der Waals surface area contributed by atoms with Crippen molar-refractivity contribution >= 4 is 0 Å². The van der Waals surface area contributed by atoms with Gasteiger partial charge < -0.3 is 0 Å². The van der Waals surface area contributed by atoms with Gasteiger partial charge in [0, 0.05) is 79.1 Å². The maximum Gasteiger partial charge on any atom is 0.115 e. The molecule has 0 radical (unpaired) electrons. The predicted octanol–water partition coefficient (Wildman–Crippen LogP) is 17.6. The molecule has 6 aromatic heterocycles. The van der Waals surface area contributed by atoms with E-state index in [1.54, 1.807) is 37.4 Å². The number of hydrogen-bond donors (Lipinski definition) is 0. The van der Waals surface area contributed by atoms with Crippen molar-refractivity contribution in [3.8, 4) is 0 Å². The lowest BCUT2D eigenvalue weighted by atomic mass is 10.1. The summed E-state index contributed by atoms with van der Waals surface area (Å²) in [6.45, 7) is 49.6. The molecule has 372 valence electrons. The molecule has 0 aliphatic rings. The molecule has 0 unspecified atom stereocenters. The first-order chi connectivity index (χ1) is 31.8. The third kappa shape index (κ3) is 43.9. The highest BCUT2D eigenvalue weighted by Gasteiger charge is 1.99. The summed E-state index contributed by atoms with van der Waals surface area (Å²) in [5.41, 5.74) is 7.03. The van der Waals surface area contributed by atoms with Gasteiger partial charge in [-0.3, -0.25) is 24.9 Å². The first-order valence-corrected chi connectivity index (χ1v) is 24.8. The second-order valence-corrected chi connectivity index (χ2v) is 14.2. The van der Waals surface area contributed by atoms with E-state index in [2.05, 4.69) is 128 Å². The molecule has 0 bridgehead atoms. The molecule has 0 aromatic carbocycles. The highest BCUT2D eigenvalue weighted by atomic mass is 14.8. The Kier molecular flexibility index (Phi) is 61.1. The molecule has 66 heavy (non-hydrogen) atoms. The normalized spacial score (nSPS) is 8.82. The first-order valence-electron chi connectivity index (χ1n) is 24.8. The van der Waals surface area contributed by atoms with Crippen LogP contribution in [0.25, 0.3) is 0 Å². The van der Waals surface area contributed by atoms with Gasteiger partial charge in [-0.1, -0.05) is 178 Å². The molecule has 0 aliphatic carbocycles. The molecule has 9 nitrogen and oxygen atoms in total. The fourth-order valence-electron chi connectivity index (χ4n) is 4.04. The third-order valence-corrected chi connectivity index (χ3v) is 7.55. The van der Waals surface area contributed by atoms with Gasteiger partial charge in [-0.25, -0.2) is 19.9 Å². The molecular formula is C57H99N9. The van der Waals surface area contributed by atoms with Crippen molar-refractivity contribution in [1.29, 1.82) is 0 Å². The number of aromatic nitrogens is 9. The summed E-state index contributed by atoms with van der Waals surface area (Å²) >= 11 is 0. The van der Waals surface area contributed by atoms with E-state index in [1.807, 2.05) is 175 Å². The van der Waals surface area contributed by atoms with Crippen LogP contribution in [0, 0.1) is 0 Å². The molecule has 6 aromatic rings. The van der Waals surface area contributed by atoms with E-state index in [9.17, 15) is 0 Å². The summed E-state index contributed by atoms with van der Waals surface area (Å²) in [5.74, 6) is 3.24. The van der Waals surface area contributed by atoms with Crippen molar-refractivity contribution < 1.29 is 0 Å². The lowest BCUT2D eigenvalue weighted by Crippen LogP contribution is -1.91. The molecule has 0 saturated heterocycles. The van der Waals surface area contributed by atoms with Crippen LogP contribution in [0.4, 0.5) is 0 Å². The highest BCUT2D eigenvalue weighted by molar-refractivity contribution is 5.13. The average Bonchev–Trinajstić information content (AvgIpc) is 3.40. The largest absolute Gasteiger partial charge is 0.265 e. The number of pyridine rings is 3. The van der Waals surface area contributed by atoms with Crippen molar-refractivity contribution in [2.45, 2.75) is 202 Å². The number of hydrogen-bond acceptors (Lipinski definition) is 9. The van der Waals surface area contributed by atoms with E-state index >= 15 is 0 Å². The molecule has 0 spiro atoms. The summed E-state index contributed by atoms with van der Waals surface area (Å²) in [6.07, 6.45) is 21.1. The molecule has 0 aliphatic heterocycles. The number of rotatable bonds is 6. The first kappa shape index (κ1) is 72.3. The Morgan fingerprint density at radius 2 is 0.636 bits per heavy atom. The Balaban J connectivity index is -0.000000156. The molecule has 0 fully saturated rings. The fraction of sp³-hybridized carbons (Fsp3) is 0.526. The van der Waals surface area contributed by atoms with Gasteiger partial charge in [0.2, 0.25) is 0 Å². The van der Waals surface area contributed by atoms with Crippen LogP contribution < -0.4 is 0 Å². The topological polar surface area (TPSA) is 116 Å². The molecule has 0 amide bonds. The van der Waals surface area contributed by atoms with Crippen molar-refractivity contribution in [3.05, 3.63) is 163 Å². The van der Waals surface area contributed by atoms with Crippen LogP contribution in [0.3, 0.4) is 0 Å². The average molecular weight is 910 g/mol. The van der Waals surface area contributed by atoms with Gasteiger partial charge in [0.25, 0.3) is 0 Å². The van der Waals surface area contributed by atoms with Gasteiger partial charge in [0.15, 0.2) is 0 Å². The molecule has 9 heteroatoms. The van der Waals surface area contributed by atoms with Gasteiger partial charge >= 0.3 is 0 Å². The minimum atomic E-state index is 0.485. The summed E-state index contributed by atoms with van der Waals surface area (Å²) in [5, 5.41) is 0. The summed E-state index contributed by atoms with van der Waals surface area (Å²) in [6, 6.07) is 18.0. The third-order valence-electron chi connectivity index (χ3n) is 7.55. The molecule has 0 saturated carbocycles. The Hall–Kier alpha value is -5.31. The summed E-state index contributed by atoms with van der Waals surface area (Å²) in [7, 11) is 0. The van der Waals surface area contributed by atoms with Crippen molar-refractivity contribution in [1.82, 2.24) is 44.9 Å². The maximum atomic E-state index is 4.18. The van der Waals surface area contributed by atoms with Gasteiger partial charge in [-0.05, 0) is 89.1 Å². The summed E-state index contributed by atoms with van der Waals surface area (Å²) in [4.78, 5) is 36.0. The molecule has 0 N–H and O–H groups in total. The fourth-order valence-corrected chi connectivity index (χ4v) is 4.04. The number of nitrogens with zero attached hydrogens (tertiary/aromatic N) is 9. The standard InChI is InChI=1S/3C8H11N.3C7H10N2.6C2H6/c1-7(2)8-3-5-9-6-4-8;2*1-7(2)8-5-3-4-6-9-8;1-6(2)7-3-8-5-9-4-7;1-6(2)7-5-8-3-4-9-7;1-6(2)7-3-4-8-5-9-7;6*1-2/h3*3-7H,1-2H3;3*3-6H,1-2H3;6*1-2H3. The van der Waals surface area contributed by atoms with Crippen LogP contribution >= 0.6 is 0 Å². The monoisotopic (exact) mass is 910 g/mol. The smallest absolute Gasteiger partial charge is 0.115 e. The summed E-state index contributed by atoms with van der Waals surface area (Å²) < 4.78 is 0. The SMILES string of the molecule is CC.CC.CC.CC.CC.CC.CC(C)c1ccccn1.CC(C)c1ccccn1.CC(C)c1ccncc1.CC(C)c1ccncn1.CC(C)c1cnccn1.CC(C)c1cncnc1. The second-order valence-electron chi connectivity index (χ2n) is 14.2. The van der Waals surface area contributed by atoms with E-state index in [4.69, 9.17) is 0 Å². The Morgan fingerprint density at radius 1 is 0.258 bits per heavy atom. The van der Waals surface area contributed by atoms with Crippen LogP contribution in [-0.2, 0) is 0 Å². The van der Waals surface area contributed by atoms with Crippen molar-refractivity contribution in [3.63, 3.8) is 0 Å². The van der Waals surface area contributed by atoms with E-state index in [1.165, 1.54) is 11.1 Å². The van der Waals surface area contributed by atoms with Gasteiger partial charge in [-0.2, -0.15) is 0 Å². The highest BCUT2D eigenvalue weighted by Crippen LogP contribution is 2.12. The van der Waals surface area contributed by atoms with Crippen molar-refractivity contribution in [2.24, 2.45) is 0 Å². The zero-order chi connectivity index (χ0) is 52.1. The Labute approximate surface area is 408 Å². The maximum absolute atomic E-state index is 4.18. The van der Waals surface area contributed by atoms with E-state index in [0.29, 0.717) is 35.5 Å². The zero-order valence-electron chi connectivity index (χ0n) is 46.6. The lowest BCUT2D eigenvalue weighted by molar-refractivity contribution is 0.812. The van der Waals surface area contributed by atoms with Crippen LogP contribution in [-0.4, -0.2) is 44.9 Å². The van der Waals surface area contributed by atoms with E-state index in [-0.39, 0.29) is 0 Å². The molecule has 6 rings (SSSR count). The minimum absolute atomic E-state index is 0.485. The Bertz CT molecular complexity index is 1350. The van der Waals surface area contributed by atoms with Crippen LogP contribution in [0.2, 0.25) is 0 Å². The van der Waals surface area contributed by atoms with E-state index in [0.717, 1.165) is 22.8 Å². The van der Waals surface area contributed by atoms with Crippen molar-refractivity contribution in [2.75, 3.05) is 0 Å². The quantitative estimate of drug-likeness (QED) is 0.161. The predicted molar refractivity (Wildman–Crippen MR) is 291 cm³/mol. The van der Waals surface area contributed by atoms with Crippen LogP contribution in [0.15, 0.2) is 129 Å². The molecule has 0 atom stereocenters. The van der Waals surface area contributed by atoms with Crippen LogP contribution in [0.5, 0.6) is 0 Å². The van der Waals surface area contributed by atoms with Crippen LogP contribution in [0.1, 0.15) is 236 Å². The van der Waals surface area contributed by atoms with E-state index < -0.39 is 0 Å². The minimum Gasteiger partial charge on any atom is -0.265 e. The molecular weight excluding hydrogens is 811 g/mol. The molecule has 6 heterocycles. The van der Waals surface area contributed by atoms with Gasteiger partial charge in [0.1, 0.15) is 12.7 Å². The second kappa shape index (κ2) is 55.8.